The third-order valence-corrected chi connectivity index (χ3v) is 6.38. The van der Waals surface area contributed by atoms with Crippen LogP contribution in [-0.2, 0) is 4.79 Å². The number of nitrogens with zero attached hydrogens (tertiary/aromatic N) is 1. The summed E-state index contributed by atoms with van der Waals surface area (Å²) < 4.78 is 0. The van der Waals surface area contributed by atoms with Crippen LogP contribution in [0.5, 0.6) is 5.75 Å². The van der Waals surface area contributed by atoms with Crippen molar-refractivity contribution in [1.82, 2.24) is 4.90 Å². The van der Waals surface area contributed by atoms with E-state index >= 15 is 0 Å². The number of hydrogen-bond donors (Lipinski definition) is 2. The smallest absolute Gasteiger partial charge is 0.305 e. The minimum Gasteiger partial charge on any atom is -0.507 e. The van der Waals surface area contributed by atoms with Crippen molar-refractivity contribution in [3.63, 3.8) is 0 Å². The topological polar surface area (TPSA) is 60.8 Å². The fraction of sp³-hybridized carbons (Fsp3) is 0.708. The maximum absolute atomic E-state index is 11.9. The number of hydrogen-bond acceptors (Lipinski definition) is 3. The lowest BCUT2D eigenvalue weighted by Crippen LogP contribution is -2.59. The number of piperidine rings is 1. The molecule has 1 fully saturated rings. The second-order valence-electron chi connectivity index (χ2n) is 10.3. The molecule has 0 amide bonds. The van der Waals surface area contributed by atoms with Crippen molar-refractivity contribution >= 4 is 5.97 Å². The molecule has 1 aliphatic rings. The SMILES string of the molecule is CC(C)c1cc(C(CC(=O)O)N2C(C)(C)CCCC2(C)C)cc(C(C)C)c1O. The molecule has 0 aliphatic carbocycles. The number of aromatic hydroxyl groups is 1. The molecule has 2 rings (SSSR count). The number of benzene rings is 1. The number of carbonyl (C=O) groups is 1. The lowest BCUT2D eigenvalue weighted by Gasteiger charge is -2.56. The Kier molecular flexibility index (Phi) is 6.54. The van der Waals surface area contributed by atoms with Crippen molar-refractivity contribution in [3.8, 4) is 5.75 Å². The Labute approximate surface area is 171 Å². The van der Waals surface area contributed by atoms with E-state index in [0.29, 0.717) is 5.75 Å². The molecule has 0 spiro atoms. The van der Waals surface area contributed by atoms with E-state index in [1.165, 1.54) is 0 Å². The lowest BCUT2D eigenvalue weighted by atomic mass is 9.76. The van der Waals surface area contributed by atoms with E-state index in [1.807, 2.05) is 12.1 Å². The monoisotopic (exact) mass is 389 g/mol. The van der Waals surface area contributed by atoms with E-state index in [-0.39, 0.29) is 35.4 Å². The number of aliphatic carboxylic acids is 1. The van der Waals surface area contributed by atoms with Gasteiger partial charge in [-0.15, -0.1) is 0 Å². The summed E-state index contributed by atoms with van der Waals surface area (Å²) in [5.41, 5.74) is 2.65. The highest BCUT2D eigenvalue weighted by atomic mass is 16.4. The van der Waals surface area contributed by atoms with Gasteiger partial charge in [0, 0.05) is 17.1 Å². The van der Waals surface area contributed by atoms with Gasteiger partial charge in [-0.05, 0) is 75.5 Å². The van der Waals surface area contributed by atoms with Gasteiger partial charge in [-0.1, -0.05) is 39.8 Å². The molecule has 1 atom stereocenters. The van der Waals surface area contributed by atoms with Gasteiger partial charge in [0.05, 0.1) is 6.42 Å². The Balaban J connectivity index is 2.71. The highest BCUT2D eigenvalue weighted by Gasteiger charge is 2.46. The van der Waals surface area contributed by atoms with Crippen LogP contribution in [0, 0.1) is 0 Å². The number of carboxylic acid groups (broad SMARTS) is 1. The average Bonchev–Trinajstić information content (AvgIpc) is 2.51. The molecule has 1 aromatic carbocycles. The van der Waals surface area contributed by atoms with Gasteiger partial charge >= 0.3 is 5.97 Å². The second kappa shape index (κ2) is 8.06. The molecule has 28 heavy (non-hydrogen) atoms. The molecule has 1 saturated heterocycles. The second-order valence-corrected chi connectivity index (χ2v) is 10.3. The Hall–Kier alpha value is -1.55. The van der Waals surface area contributed by atoms with Crippen molar-refractivity contribution in [1.29, 1.82) is 0 Å². The Bertz CT molecular complexity index is 674. The zero-order valence-electron chi connectivity index (χ0n) is 19.0. The molecule has 0 bridgehead atoms. The van der Waals surface area contributed by atoms with Gasteiger partial charge in [-0.25, -0.2) is 0 Å². The summed E-state index contributed by atoms with van der Waals surface area (Å²) in [6.45, 7) is 17.2. The highest BCUT2D eigenvalue weighted by Crippen LogP contribution is 2.47. The van der Waals surface area contributed by atoms with Gasteiger partial charge in [-0.2, -0.15) is 0 Å². The number of carboxylic acids is 1. The van der Waals surface area contributed by atoms with Crippen molar-refractivity contribution in [2.24, 2.45) is 0 Å². The van der Waals surface area contributed by atoms with Crippen LogP contribution in [0.2, 0.25) is 0 Å². The summed E-state index contributed by atoms with van der Waals surface area (Å²) in [7, 11) is 0. The van der Waals surface area contributed by atoms with Crippen LogP contribution in [0.15, 0.2) is 12.1 Å². The van der Waals surface area contributed by atoms with Crippen LogP contribution >= 0.6 is 0 Å². The quantitative estimate of drug-likeness (QED) is 0.608. The maximum atomic E-state index is 11.9. The number of phenolic OH excluding ortho intramolecular Hbond substituents is 1. The third kappa shape index (κ3) is 4.53. The number of phenols is 1. The first-order chi connectivity index (χ1) is 12.8. The van der Waals surface area contributed by atoms with Crippen LogP contribution in [0.1, 0.15) is 116 Å². The molecule has 1 aliphatic heterocycles. The van der Waals surface area contributed by atoms with Crippen LogP contribution in [-0.4, -0.2) is 32.2 Å². The third-order valence-electron chi connectivity index (χ3n) is 6.38. The van der Waals surface area contributed by atoms with Gasteiger partial charge < -0.3 is 10.2 Å². The maximum Gasteiger partial charge on any atom is 0.305 e. The fourth-order valence-corrected chi connectivity index (χ4v) is 5.16. The zero-order chi connectivity index (χ0) is 21.4. The van der Waals surface area contributed by atoms with E-state index in [2.05, 4.69) is 60.3 Å². The molecule has 1 unspecified atom stereocenters. The molecule has 0 aromatic heterocycles. The number of rotatable bonds is 6. The van der Waals surface area contributed by atoms with Crippen molar-refractivity contribution in [2.45, 2.75) is 110 Å². The van der Waals surface area contributed by atoms with Crippen molar-refractivity contribution < 1.29 is 15.0 Å². The van der Waals surface area contributed by atoms with Crippen molar-refractivity contribution in [2.75, 3.05) is 0 Å². The van der Waals surface area contributed by atoms with Gasteiger partial charge in [0.2, 0.25) is 0 Å². The minimum absolute atomic E-state index is 0.0622. The molecular formula is C24H39NO3. The van der Waals surface area contributed by atoms with Gasteiger partial charge in [-0.3, -0.25) is 9.69 Å². The van der Waals surface area contributed by atoms with E-state index < -0.39 is 5.97 Å². The van der Waals surface area contributed by atoms with Crippen molar-refractivity contribution in [3.05, 3.63) is 28.8 Å². The summed E-state index contributed by atoms with van der Waals surface area (Å²) in [5.74, 6) is -0.0805. The van der Waals surface area contributed by atoms with E-state index in [9.17, 15) is 15.0 Å². The predicted octanol–water partition coefficient (Wildman–Crippen LogP) is 6.20. The average molecular weight is 390 g/mol. The van der Waals surface area contributed by atoms with E-state index in [4.69, 9.17) is 0 Å². The molecule has 1 aromatic rings. The molecule has 2 N–H and O–H groups in total. The molecule has 1 heterocycles. The molecule has 0 saturated carbocycles. The van der Waals surface area contributed by atoms with Gasteiger partial charge in [0.25, 0.3) is 0 Å². The largest absolute Gasteiger partial charge is 0.507 e. The first-order valence-electron chi connectivity index (χ1n) is 10.7. The molecule has 4 nitrogen and oxygen atoms in total. The first kappa shape index (κ1) is 22.7. The van der Waals surface area contributed by atoms with E-state index in [1.54, 1.807) is 0 Å². The number of likely N-dealkylation sites (tertiary alicyclic amines) is 1. The summed E-state index contributed by atoms with van der Waals surface area (Å²) in [4.78, 5) is 14.3. The molecule has 158 valence electrons. The molecular weight excluding hydrogens is 350 g/mol. The summed E-state index contributed by atoms with van der Waals surface area (Å²) in [6.07, 6.45) is 3.32. The van der Waals surface area contributed by atoms with Crippen LogP contribution in [0.3, 0.4) is 0 Å². The van der Waals surface area contributed by atoms with Gasteiger partial charge in [0.1, 0.15) is 5.75 Å². The van der Waals surface area contributed by atoms with Crippen LogP contribution in [0.25, 0.3) is 0 Å². The minimum atomic E-state index is -0.785. The predicted molar refractivity (Wildman–Crippen MR) is 115 cm³/mol. The summed E-state index contributed by atoms with van der Waals surface area (Å²) >= 11 is 0. The van der Waals surface area contributed by atoms with E-state index in [0.717, 1.165) is 36.0 Å². The first-order valence-corrected chi connectivity index (χ1v) is 10.7. The molecule has 0 radical (unpaired) electrons. The summed E-state index contributed by atoms with van der Waals surface area (Å²) in [5, 5.41) is 20.6. The lowest BCUT2D eigenvalue weighted by molar-refractivity contribution is -0.141. The normalized spacial score (nSPS) is 20.5. The van der Waals surface area contributed by atoms with Gasteiger partial charge in [0.15, 0.2) is 0 Å². The fourth-order valence-electron chi connectivity index (χ4n) is 5.16. The zero-order valence-corrected chi connectivity index (χ0v) is 19.0. The standard InChI is InChI=1S/C24H39NO3/c1-15(2)18-12-17(13-19(16(3)4)22(18)28)20(14-21(26)27)25-23(5,6)10-9-11-24(25,7)8/h12-13,15-16,20,28H,9-11,14H2,1-8H3,(H,26,27). The summed E-state index contributed by atoms with van der Waals surface area (Å²) in [6, 6.07) is 3.86. The Morgan fingerprint density at radius 3 is 1.79 bits per heavy atom. The Morgan fingerprint density at radius 2 is 1.43 bits per heavy atom. The molecule has 4 heteroatoms. The van der Waals surface area contributed by atoms with Crippen LogP contribution < -0.4 is 0 Å². The highest BCUT2D eigenvalue weighted by molar-refractivity contribution is 5.68. The van der Waals surface area contributed by atoms with Crippen LogP contribution in [0.4, 0.5) is 0 Å². The Morgan fingerprint density at radius 1 is 1.00 bits per heavy atom.